The molecule has 1 fully saturated rings. The van der Waals surface area contributed by atoms with Crippen molar-refractivity contribution in [1.29, 1.82) is 0 Å². The van der Waals surface area contributed by atoms with Crippen LogP contribution >= 0.6 is 0 Å². The molecular formula is C16H15FN6O2. The van der Waals surface area contributed by atoms with Gasteiger partial charge in [0, 0.05) is 6.04 Å². The normalized spacial score (nSPS) is 14.8. The number of amides is 1. The zero-order valence-electron chi connectivity index (χ0n) is 13.2. The molecule has 2 aromatic heterocycles. The number of nitrogens with one attached hydrogen (secondary N) is 1. The van der Waals surface area contributed by atoms with Crippen molar-refractivity contribution in [2.24, 2.45) is 0 Å². The number of carbonyl (C=O) groups excluding carboxylic acids is 1. The van der Waals surface area contributed by atoms with Gasteiger partial charge < -0.3 is 9.84 Å². The van der Waals surface area contributed by atoms with Crippen LogP contribution < -0.4 is 5.32 Å². The first kappa shape index (κ1) is 15.4. The number of rotatable bonds is 4. The first-order chi connectivity index (χ1) is 12.2. The lowest BCUT2D eigenvalue weighted by Crippen LogP contribution is -2.32. The Kier molecular flexibility index (Phi) is 3.96. The van der Waals surface area contributed by atoms with E-state index in [0.29, 0.717) is 11.4 Å². The van der Waals surface area contributed by atoms with Gasteiger partial charge in [0.05, 0.1) is 11.9 Å². The molecule has 8 nitrogen and oxygen atoms in total. The molecule has 0 saturated heterocycles. The molecule has 1 amide bonds. The summed E-state index contributed by atoms with van der Waals surface area (Å²) in [5.74, 6) is -0.639. The fourth-order valence-corrected chi connectivity index (χ4v) is 2.82. The summed E-state index contributed by atoms with van der Waals surface area (Å²) in [5, 5.41) is 14.6. The third kappa shape index (κ3) is 3.25. The summed E-state index contributed by atoms with van der Waals surface area (Å²) in [7, 11) is 0. The zero-order chi connectivity index (χ0) is 17.2. The Morgan fingerprint density at radius 3 is 2.76 bits per heavy atom. The van der Waals surface area contributed by atoms with Gasteiger partial charge in [0.25, 0.3) is 0 Å². The van der Waals surface area contributed by atoms with E-state index in [1.54, 1.807) is 18.3 Å². The van der Waals surface area contributed by atoms with Gasteiger partial charge in [-0.1, -0.05) is 23.2 Å². The molecule has 2 heterocycles. The van der Waals surface area contributed by atoms with Crippen molar-refractivity contribution in [1.82, 2.24) is 30.5 Å². The van der Waals surface area contributed by atoms with Crippen LogP contribution in [0.15, 0.2) is 35.0 Å². The van der Waals surface area contributed by atoms with Crippen molar-refractivity contribution < 1.29 is 13.7 Å². The van der Waals surface area contributed by atoms with Crippen LogP contribution in [0.4, 0.5) is 4.39 Å². The highest BCUT2D eigenvalue weighted by Crippen LogP contribution is 2.19. The van der Waals surface area contributed by atoms with Gasteiger partial charge in [-0.3, -0.25) is 4.79 Å². The predicted molar refractivity (Wildman–Crippen MR) is 84.3 cm³/mol. The highest BCUT2D eigenvalue weighted by atomic mass is 19.1. The summed E-state index contributed by atoms with van der Waals surface area (Å²) in [6, 6.07) is 5.98. The maximum atomic E-state index is 13.0. The highest BCUT2D eigenvalue weighted by molar-refractivity contribution is 5.90. The lowest BCUT2D eigenvalue weighted by molar-refractivity contribution is 0.0893. The van der Waals surface area contributed by atoms with Crippen LogP contribution in [-0.2, 0) is 0 Å². The Morgan fingerprint density at radius 2 is 2.00 bits per heavy atom. The average Bonchev–Trinajstić information content (AvgIpc) is 3.36. The highest BCUT2D eigenvalue weighted by Gasteiger charge is 2.22. The summed E-state index contributed by atoms with van der Waals surface area (Å²) >= 11 is 0. The molecular weight excluding hydrogens is 327 g/mol. The van der Waals surface area contributed by atoms with Gasteiger partial charge in [-0.15, -0.1) is 5.10 Å². The summed E-state index contributed by atoms with van der Waals surface area (Å²) in [6.07, 6.45) is 5.76. The molecule has 1 N–H and O–H groups in total. The Balaban J connectivity index is 1.50. The quantitative estimate of drug-likeness (QED) is 0.780. The standard InChI is InChI=1S/C16H15FN6O2/c17-10-5-7-12(8-6-10)23-9-13(20-22-23)14-19-16(25-21-14)15(24)18-11-3-1-2-4-11/h5-9,11H,1-4H2,(H,18,24). The van der Waals surface area contributed by atoms with Crippen LogP contribution in [0.2, 0.25) is 0 Å². The molecule has 4 rings (SSSR count). The molecule has 0 unspecified atom stereocenters. The Labute approximate surface area is 142 Å². The molecule has 3 aromatic rings. The number of benzene rings is 1. The van der Waals surface area contributed by atoms with E-state index in [0.717, 1.165) is 25.7 Å². The minimum atomic E-state index is -0.378. The molecule has 0 bridgehead atoms. The fourth-order valence-electron chi connectivity index (χ4n) is 2.82. The maximum Gasteiger partial charge on any atom is 0.316 e. The van der Waals surface area contributed by atoms with Crippen LogP contribution in [0.1, 0.15) is 36.4 Å². The first-order valence-electron chi connectivity index (χ1n) is 8.02. The van der Waals surface area contributed by atoms with Crippen LogP contribution in [0.5, 0.6) is 0 Å². The predicted octanol–water partition coefficient (Wildman–Crippen LogP) is 2.13. The van der Waals surface area contributed by atoms with Crippen molar-refractivity contribution in [2.75, 3.05) is 0 Å². The smallest absolute Gasteiger partial charge is 0.316 e. The van der Waals surface area contributed by atoms with Crippen molar-refractivity contribution >= 4 is 5.91 Å². The van der Waals surface area contributed by atoms with Gasteiger partial charge in [0.1, 0.15) is 5.82 Å². The van der Waals surface area contributed by atoms with Crippen LogP contribution in [0, 0.1) is 5.82 Å². The van der Waals surface area contributed by atoms with Crippen molar-refractivity contribution in [3.63, 3.8) is 0 Å². The lowest BCUT2D eigenvalue weighted by atomic mass is 10.2. The van der Waals surface area contributed by atoms with Crippen molar-refractivity contribution in [2.45, 2.75) is 31.7 Å². The molecule has 25 heavy (non-hydrogen) atoms. The average molecular weight is 342 g/mol. The van der Waals surface area contributed by atoms with E-state index in [-0.39, 0.29) is 29.5 Å². The minimum Gasteiger partial charge on any atom is -0.345 e. The second-order valence-electron chi connectivity index (χ2n) is 5.90. The second kappa shape index (κ2) is 6.42. The molecule has 9 heteroatoms. The van der Waals surface area contributed by atoms with E-state index in [1.165, 1.54) is 16.8 Å². The monoisotopic (exact) mass is 342 g/mol. The van der Waals surface area contributed by atoms with E-state index >= 15 is 0 Å². The molecule has 1 aromatic carbocycles. The number of halogens is 1. The number of aromatic nitrogens is 5. The van der Waals surface area contributed by atoms with Crippen LogP contribution in [-0.4, -0.2) is 37.1 Å². The van der Waals surface area contributed by atoms with Gasteiger partial charge in [-0.05, 0) is 37.1 Å². The maximum absolute atomic E-state index is 13.0. The van der Waals surface area contributed by atoms with Gasteiger partial charge in [-0.25, -0.2) is 9.07 Å². The molecule has 1 saturated carbocycles. The van der Waals surface area contributed by atoms with Crippen molar-refractivity contribution in [3.8, 4) is 17.2 Å². The number of nitrogens with zero attached hydrogens (tertiary/aromatic N) is 5. The van der Waals surface area contributed by atoms with Crippen molar-refractivity contribution in [3.05, 3.63) is 42.2 Å². The van der Waals surface area contributed by atoms with Gasteiger partial charge >= 0.3 is 11.8 Å². The molecule has 0 aliphatic heterocycles. The second-order valence-corrected chi connectivity index (χ2v) is 5.90. The Bertz CT molecular complexity index is 882. The fraction of sp³-hybridized carbons (Fsp3) is 0.312. The summed E-state index contributed by atoms with van der Waals surface area (Å²) in [6.45, 7) is 0. The minimum absolute atomic E-state index is 0.0989. The van der Waals surface area contributed by atoms with Crippen LogP contribution in [0.25, 0.3) is 17.2 Å². The third-order valence-electron chi connectivity index (χ3n) is 4.12. The summed E-state index contributed by atoms with van der Waals surface area (Å²) < 4.78 is 19.5. The van der Waals surface area contributed by atoms with Gasteiger partial charge in [-0.2, -0.15) is 4.98 Å². The molecule has 128 valence electrons. The first-order valence-corrected chi connectivity index (χ1v) is 8.02. The number of carbonyl (C=O) groups is 1. The van der Waals surface area contributed by atoms with E-state index in [4.69, 9.17) is 4.52 Å². The lowest BCUT2D eigenvalue weighted by Gasteiger charge is -2.08. The van der Waals surface area contributed by atoms with Gasteiger partial charge in [0.15, 0.2) is 5.69 Å². The number of hydrogen-bond acceptors (Lipinski definition) is 6. The molecule has 1 aliphatic carbocycles. The largest absolute Gasteiger partial charge is 0.345 e. The summed E-state index contributed by atoms with van der Waals surface area (Å²) in [4.78, 5) is 16.2. The molecule has 1 aliphatic rings. The SMILES string of the molecule is O=C(NC1CCCC1)c1nc(-c2cn(-c3ccc(F)cc3)nn2)no1. The molecule has 0 spiro atoms. The summed E-state index contributed by atoms with van der Waals surface area (Å²) in [5.41, 5.74) is 0.996. The Hall–Kier alpha value is -3.10. The van der Waals surface area contributed by atoms with E-state index < -0.39 is 0 Å². The zero-order valence-corrected chi connectivity index (χ0v) is 13.2. The molecule has 0 radical (unpaired) electrons. The topological polar surface area (TPSA) is 98.7 Å². The van der Waals surface area contributed by atoms with E-state index in [9.17, 15) is 9.18 Å². The van der Waals surface area contributed by atoms with Gasteiger partial charge in [0.2, 0.25) is 5.82 Å². The van der Waals surface area contributed by atoms with Crippen LogP contribution in [0.3, 0.4) is 0 Å². The Morgan fingerprint density at radius 1 is 1.24 bits per heavy atom. The number of hydrogen-bond donors (Lipinski definition) is 1. The van der Waals surface area contributed by atoms with E-state index in [2.05, 4.69) is 25.8 Å². The third-order valence-corrected chi connectivity index (χ3v) is 4.12. The molecule has 0 atom stereocenters. The van der Waals surface area contributed by atoms with E-state index in [1.807, 2.05) is 0 Å².